The van der Waals surface area contributed by atoms with Crippen molar-refractivity contribution in [3.05, 3.63) is 83.3 Å². The van der Waals surface area contributed by atoms with E-state index in [-0.39, 0.29) is 0 Å². The molecular weight excluding hydrogens is 402 g/mol. The van der Waals surface area contributed by atoms with Crippen molar-refractivity contribution >= 4 is 17.5 Å². The molecule has 3 heteroatoms. The first kappa shape index (κ1) is 24.8. The summed E-state index contributed by atoms with van der Waals surface area (Å²) < 4.78 is 0. The highest BCUT2D eigenvalue weighted by atomic mass is 15.2. The monoisotopic (exact) mass is 443 g/mol. The molecule has 3 nitrogen and oxygen atoms in total. The van der Waals surface area contributed by atoms with Crippen molar-refractivity contribution in [1.82, 2.24) is 9.88 Å². The van der Waals surface area contributed by atoms with Crippen LogP contribution in [0.1, 0.15) is 68.8 Å². The maximum atomic E-state index is 4.53. The lowest BCUT2D eigenvalue weighted by Crippen LogP contribution is -2.42. The first-order valence-electron chi connectivity index (χ1n) is 12.3. The van der Waals surface area contributed by atoms with Crippen LogP contribution in [0.4, 0.5) is 5.69 Å². The fourth-order valence-electron chi connectivity index (χ4n) is 5.07. The van der Waals surface area contributed by atoms with Crippen LogP contribution >= 0.6 is 0 Å². The number of piperidine rings is 1. The lowest BCUT2D eigenvalue weighted by Gasteiger charge is -2.43. The molecule has 3 rings (SSSR count). The molecule has 0 saturated carbocycles. The summed E-state index contributed by atoms with van der Waals surface area (Å²) in [5.74, 6) is 0.725. The summed E-state index contributed by atoms with van der Waals surface area (Å²) in [6, 6.07) is 11.4. The lowest BCUT2D eigenvalue weighted by atomic mass is 9.87. The van der Waals surface area contributed by atoms with Crippen LogP contribution in [0.15, 0.2) is 61.0 Å². The highest BCUT2D eigenvalue weighted by molar-refractivity contribution is 5.70. The first-order valence-corrected chi connectivity index (χ1v) is 12.3. The number of rotatable bonds is 8. The van der Waals surface area contributed by atoms with Crippen LogP contribution in [0.3, 0.4) is 0 Å². The van der Waals surface area contributed by atoms with Gasteiger partial charge in [-0.25, -0.2) is 0 Å². The number of hydrogen-bond acceptors (Lipinski definition) is 3. The second-order valence-electron chi connectivity index (χ2n) is 9.63. The van der Waals surface area contributed by atoms with Gasteiger partial charge in [0, 0.05) is 48.6 Å². The predicted octanol–water partition coefficient (Wildman–Crippen LogP) is 7.62. The molecule has 33 heavy (non-hydrogen) atoms. The van der Waals surface area contributed by atoms with Crippen molar-refractivity contribution in [3.63, 3.8) is 0 Å². The normalized spacial score (nSPS) is 18.8. The Morgan fingerprint density at radius 3 is 2.67 bits per heavy atom. The number of likely N-dealkylation sites (N-methyl/N-ethyl adjacent to an activating group) is 1. The predicted molar refractivity (Wildman–Crippen MR) is 144 cm³/mol. The van der Waals surface area contributed by atoms with E-state index < -0.39 is 0 Å². The molecule has 1 saturated heterocycles. The van der Waals surface area contributed by atoms with Crippen molar-refractivity contribution in [3.8, 4) is 0 Å². The summed E-state index contributed by atoms with van der Waals surface area (Å²) in [4.78, 5) is 9.14. The smallest absolute Gasteiger partial charge is 0.0445 e. The molecule has 1 aromatic carbocycles. The molecule has 2 aromatic rings. The Morgan fingerprint density at radius 1 is 1.24 bits per heavy atom. The Bertz CT molecular complexity index is 1030. The summed E-state index contributed by atoms with van der Waals surface area (Å²) in [5, 5.41) is 0. The zero-order valence-corrected chi connectivity index (χ0v) is 21.5. The fraction of sp³-hybridized carbons (Fsp3) is 0.433. The number of aryl methyl sites for hydroxylation is 2. The average molecular weight is 444 g/mol. The zero-order valence-electron chi connectivity index (χ0n) is 21.5. The number of pyridine rings is 1. The van der Waals surface area contributed by atoms with Crippen LogP contribution in [0.2, 0.25) is 0 Å². The van der Waals surface area contributed by atoms with E-state index in [0.29, 0.717) is 6.04 Å². The third kappa shape index (κ3) is 5.58. The Balaban J connectivity index is 1.80. The maximum Gasteiger partial charge on any atom is 0.0445 e. The number of likely N-dealkylation sites (tertiary alicyclic amines) is 1. The molecule has 0 N–H and O–H groups in total. The highest BCUT2D eigenvalue weighted by Crippen LogP contribution is 2.34. The maximum absolute atomic E-state index is 4.53. The van der Waals surface area contributed by atoms with E-state index in [1.54, 1.807) is 0 Å². The molecule has 2 heterocycles. The van der Waals surface area contributed by atoms with Gasteiger partial charge in [-0.05, 0) is 92.5 Å². The van der Waals surface area contributed by atoms with Gasteiger partial charge < -0.3 is 9.80 Å². The average Bonchev–Trinajstić information content (AvgIpc) is 2.80. The molecule has 1 aliphatic heterocycles. The molecule has 1 aromatic heterocycles. The standard InChI is InChI=1S/C30H41N3/c1-9-12-30-21(2)13-11-18-33(30)26(7)28-15-16-29(23(4)20-28)32(8)25(6)22(3)19-27-14-10-17-31-24(27)5/h10,14-17,19-21,30H,6-7,9,11-13,18H2,1-5,8H3/b22-19+. The number of hydrogen-bond donors (Lipinski definition) is 0. The molecule has 2 unspecified atom stereocenters. The summed E-state index contributed by atoms with van der Waals surface area (Å²) >= 11 is 0. The largest absolute Gasteiger partial charge is 0.368 e. The van der Waals surface area contributed by atoms with E-state index in [4.69, 9.17) is 0 Å². The van der Waals surface area contributed by atoms with Crippen LogP contribution in [-0.4, -0.2) is 29.5 Å². The fourth-order valence-corrected chi connectivity index (χ4v) is 5.07. The van der Waals surface area contributed by atoms with Crippen LogP contribution in [0.25, 0.3) is 11.8 Å². The number of benzene rings is 1. The molecule has 1 fully saturated rings. The van der Waals surface area contributed by atoms with E-state index in [1.807, 2.05) is 19.2 Å². The SMILES string of the molecule is C=C(/C(C)=C/c1cccnc1C)N(C)c1ccc(C(=C)N2CCCC(C)C2CCC)cc1C. The Morgan fingerprint density at radius 2 is 2.00 bits per heavy atom. The molecule has 0 amide bonds. The molecule has 2 atom stereocenters. The Labute approximate surface area is 201 Å². The van der Waals surface area contributed by atoms with Gasteiger partial charge in [-0.15, -0.1) is 0 Å². The van der Waals surface area contributed by atoms with E-state index in [0.717, 1.165) is 35.0 Å². The second kappa shape index (κ2) is 10.9. The quantitative estimate of drug-likeness (QED) is 0.391. The van der Waals surface area contributed by atoms with Crippen molar-refractivity contribution in [2.75, 3.05) is 18.5 Å². The molecule has 1 aliphatic rings. The summed E-state index contributed by atoms with van der Waals surface area (Å²) in [6.07, 6.45) is 9.03. The molecule has 0 spiro atoms. The van der Waals surface area contributed by atoms with E-state index in [9.17, 15) is 0 Å². The van der Waals surface area contributed by atoms with Gasteiger partial charge in [0.05, 0.1) is 0 Å². The zero-order chi connectivity index (χ0) is 24.1. The van der Waals surface area contributed by atoms with Gasteiger partial charge in [-0.2, -0.15) is 0 Å². The summed E-state index contributed by atoms with van der Waals surface area (Å²) in [5.41, 5.74) is 9.07. The van der Waals surface area contributed by atoms with Gasteiger partial charge in [0.15, 0.2) is 0 Å². The van der Waals surface area contributed by atoms with E-state index >= 15 is 0 Å². The number of anilines is 1. The van der Waals surface area contributed by atoms with Gasteiger partial charge in [-0.3, -0.25) is 4.98 Å². The number of allylic oxidation sites excluding steroid dienone is 1. The van der Waals surface area contributed by atoms with Gasteiger partial charge in [-0.1, -0.05) is 45.6 Å². The van der Waals surface area contributed by atoms with Gasteiger partial charge in [0.2, 0.25) is 0 Å². The van der Waals surface area contributed by atoms with Crippen LogP contribution in [0, 0.1) is 19.8 Å². The minimum atomic E-state index is 0.599. The van der Waals surface area contributed by atoms with Crippen molar-refractivity contribution < 1.29 is 0 Å². The van der Waals surface area contributed by atoms with Crippen LogP contribution in [0.5, 0.6) is 0 Å². The van der Waals surface area contributed by atoms with Gasteiger partial charge in [0.25, 0.3) is 0 Å². The highest BCUT2D eigenvalue weighted by Gasteiger charge is 2.29. The lowest BCUT2D eigenvalue weighted by molar-refractivity contribution is 0.155. The van der Waals surface area contributed by atoms with Crippen molar-refractivity contribution in [2.45, 2.75) is 66.3 Å². The van der Waals surface area contributed by atoms with Crippen molar-refractivity contribution in [1.29, 1.82) is 0 Å². The first-order chi connectivity index (χ1) is 15.7. The molecule has 0 bridgehead atoms. The Kier molecular flexibility index (Phi) is 8.18. The van der Waals surface area contributed by atoms with Gasteiger partial charge in [0.1, 0.15) is 0 Å². The molecule has 0 radical (unpaired) electrons. The number of nitrogens with zero attached hydrogens (tertiary/aromatic N) is 3. The van der Waals surface area contributed by atoms with Crippen molar-refractivity contribution in [2.24, 2.45) is 5.92 Å². The van der Waals surface area contributed by atoms with E-state index in [2.05, 4.69) is 93.0 Å². The molecular formula is C30H41N3. The molecule has 176 valence electrons. The number of aromatic nitrogens is 1. The topological polar surface area (TPSA) is 19.4 Å². The second-order valence-corrected chi connectivity index (χ2v) is 9.63. The summed E-state index contributed by atoms with van der Waals surface area (Å²) in [7, 11) is 2.09. The van der Waals surface area contributed by atoms with Gasteiger partial charge >= 0.3 is 0 Å². The minimum Gasteiger partial charge on any atom is -0.368 e. The van der Waals surface area contributed by atoms with Crippen LogP contribution < -0.4 is 4.90 Å². The third-order valence-electron chi connectivity index (χ3n) is 7.22. The Hall–Kier alpha value is -2.81. The minimum absolute atomic E-state index is 0.599. The van der Waals surface area contributed by atoms with E-state index in [1.165, 1.54) is 48.2 Å². The third-order valence-corrected chi connectivity index (χ3v) is 7.22. The molecule has 0 aliphatic carbocycles. The van der Waals surface area contributed by atoms with Crippen LogP contribution in [-0.2, 0) is 0 Å². The summed E-state index contributed by atoms with van der Waals surface area (Å²) in [6.45, 7) is 21.0.